The van der Waals surface area contributed by atoms with Crippen molar-refractivity contribution in [2.45, 2.75) is 38.3 Å². The van der Waals surface area contributed by atoms with E-state index in [2.05, 4.69) is 10.6 Å². The van der Waals surface area contributed by atoms with Crippen molar-refractivity contribution in [3.05, 3.63) is 0 Å². The van der Waals surface area contributed by atoms with Crippen LogP contribution in [0.15, 0.2) is 0 Å². The summed E-state index contributed by atoms with van der Waals surface area (Å²) in [6.45, 7) is 3.47. The van der Waals surface area contributed by atoms with Crippen LogP contribution in [0.25, 0.3) is 0 Å². The van der Waals surface area contributed by atoms with Crippen molar-refractivity contribution in [1.82, 2.24) is 10.6 Å². The van der Waals surface area contributed by atoms with Crippen LogP contribution in [0, 0.1) is 5.92 Å². The number of primary amides is 1. The Balaban J connectivity index is 2.55. The lowest BCUT2D eigenvalue weighted by Gasteiger charge is -2.21. The van der Waals surface area contributed by atoms with E-state index in [1.807, 2.05) is 6.92 Å². The minimum Gasteiger partial charge on any atom is -0.480 e. The number of ether oxygens (including phenoxy) is 1. The molecule has 1 saturated heterocycles. The minimum absolute atomic E-state index is 0.0168. The zero-order chi connectivity index (χ0) is 15.8. The summed E-state index contributed by atoms with van der Waals surface area (Å²) in [5.41, 5.74) is 5.00. The van der Waals surface area contributed by atoms with Crippen molar-refractivity contribution in [3.8, 4) is 0 Å². The van der Waals surface area contributed by atoms with Gasteiger partial charge in [-0.3, -0.25) is 9.59 Å². The second kappa shape index (κ2) is 8.58. The molecule has 1 heterocycles. The molecule has 120 valence electrons. The van der Waals surface area contributed by atoms with Gasteiger partial charge in [0.2, 0.25) is 11.8 Å². The Morgan fingerprint density at radius 2 is 2.10 bits per heavy atom. The predicted molar refractivity (Wildman–Crippen MR) is 74.4 cm³/mol. The van der Waals surface area contributed by atoms with Crippen LogP contribution >= 0.6 is 0 Å². The minimum atomic E-state index is -1.18. The molecular weight excluding hydrogens is 278 g/mol. The Bertz CT molecular complexity index is 388. The molecule has 8 heteroatoms. The summed E-state index contributed by atoms with van der Waals surface area (Å²) in [5, 5.41) is 14.7. The SMILES string of the molecule is CCCNC1COCC1C(=O)NC(CCC(N)=O)C(=O)O. The zero-order valence-electron chi connectivity index (χ0n) is 12.1. The van der Waals surface area contributed by atoms with E-state index >= 15 is 0 Å². The standard InChI is InChI=1S/C13H23N3O5/c1-2-5-15-10-7-21-6-8(10)12(18)16-9(13(19)20)3-4-11(14)17/h8-10,15H,2-7H2,1H3,(H2,14,17)(H,16,18)(H,19,20). The van der Waals surface area contributed by atoms with Gasteiger partial charge in [-0.2, -0.15) is 0 Å². The molecule has 0 radical (unpaired) electrons. The van der Waals surface area contributed by atoms with Gasteiger partial charge in [-0.15, -0.1) is 0 Å². The molecule has 2 amide bonds. The number of hydrogen-bond acceptors (Lipinski definition) is 5. The maximum absolute atomic E-state index is 12.2. The Hall–Kier alpha value is -1.67. The van der Waals surface area contributed by atoms with Crippen molar-refractivity contribution in [3.63, 3.8) is 0 Å². The van der Waals surface area contributed by atoms with Crippen LogP contribution in [0.4, 0.5) is 0 Å². The maximum Gasteiger partial charge on any atom is 0.326 e. The summed E-state index contributed by atoms with van der Waals surface area (Å²) in [5.74, 6) is -2.58. The van der Waals surface area contributed by atoms with Gasteiger partial charge in [0.15, 0.2) is 0 Å². The highest BCUT2D eigenvalue weighted by Gasteiger charge is 2.35. The summed E-state index contributed by atoms with van der Waals surface area (Å²) in [7, 11) is 0. The molecule has 0 aromatic rings. The van der Waals surface area contributed by atoms with Gasteiger partial charge in [0.1, 0.15) is 6.04 Å². The van der Waals surface area contributed by atoms with Crippen LogP contribution in [0.1, 0.15) is 26.2 Å². The third kappa shape index (κ3) is 5.68. The van der Waals surface area contributed by atoms with Gasteiger partial charge in [-0.1, -0.05) is 6.92 Å². The van der Waals surface area contributed by atoms with Gasteiger partial charge in [0.05, 0.1) is 19.1 Å². The van der Waals surface area contributed by atoms with Gasteiger partial charge in [-0.05, 0) is 19.4 Å². The summed E-state index contributed by atoms with van der Waals surface area (Å²) in [4.78, 5) is 34.0. The van der Waals surface area contributed by atoms with E-state index in [9.17, 15) is 14.4 Å². The van der Waals surface area contributed by atoms with Gasteiger partial charge >= 0.3 is 5.97 Å². The van der Waals surface area contributed by atoms with Crippen LogP contribution < -0.4 is 16.4 Å². The number of rotatable bonds is 9. The molecule has 1 fully saturated rings. The number of carboxylic acid groups (broad SMARTS) is 1. The van der Waals surface area contributed by atoms with E-state index in [0.717, 1.165) is 13.0 Å². The fourth-order valence-corrected chi connectivity index (χ4v) is 2.17. The molecule has 0 aromatic heterocycles. The van der Waals surface area contributed by atoms with Crippen molar-refractivity contribution in [1.29, 1.82) is 0 Å². The molecule has 0 aromatic carbocycles. The first-order valence-electron chi connectivity index (χ1n) is 7.08. The zero-order valence-corrected chi connectivity index (χ0v) is 12.1. The first kappa shape index (κ1) is 17.4. The van der Waals surface area contributed by atoms with E-state index in [-0.39, 0.29) is 31.4 Å². The van der Waals surface area contributed by atoms with Gasteiger partial charge in [-0.25, -0.2) is 4.79 Å². The lowest BCUT2D eigenvalue weighted by Crippen LogP contribution is -2.49. The molecule has 8 nitrogen and oxygen atoms in total. The largest absolute Gasteiger partial charge is 0.480 e. The smallest absolute Gasteiger partial charge is 0.326 e. The monoisotopic (exact) mass is 301 g/mol. The molecule has 1 aliphatic heterocycles. The Morgan fingerprint density at radius 1 is 1.38 bits per heavy atom. The Kier molecular flexibility index (Phi) is 7.10. The maximum atomic E-state index is 12.2. The molecule has 0 bridgehead atoms. The van der Waals surface area contributed by atoms with Gasteiger partial charge < -0.3 is 26.2 Å². The molecule has 3 atom stereocenters. The van der Waals surface area contributed by atoms with E-state index in [4.69, 9.17) is 15.6 Å². The van der Waals surface area contributed by atoms with Crippen molar-refractivity contribution >= 4 is 17.8 Å². The first-order valence-corrected chi connectivity index (χ1v) is 7.08. The number of hydrogen-bond donors (Lipinski definition) is 4. The van der Waals surface area contributed by atoms with Gasteiger partial charge in [0.25, 0.3) is 0 Å². The van der Waals surface area contributed by atoms with Crippen LogP contribution in [0.3, 0.4) is 0 Å². The third-order valence-electron chi connectivity index (χ3n) is 3.37. The van der Waals surface area contributed by atoms with E-state index in [1.165, 1.54) is 0 Å². The van der Waals surface area contributed by atoms with Crippen LogP contribution in [-0.4, -0.2) is 54.7 Å². The molecule has 0 spiro atoms. The Labute approximate surface area is 123 Å². The quantitative estimate of drug-likeness (QED) is 0.425. The summed E-state index contributed by atoms with van der Waals surface area (Å²) < 4.78 is 5.28. The van der Waals surface area contributed by atoms with Crippen LogP contribution in [0.5, 0.6) is 0 Å². The van der Waals surface area contributed by atoms with Crippen molar-refractivity contribution in [2.75, 3.05) is 19.8 Å². The second-order valence-corrected chi connectivity index (χ2v) is 5.11. The molecular formula is C13H23N3O5. The van der Waals surface area contributed by atoms with Crippen LogP contribution in [-0.2, 0) is 19.1 Å². The highest BCUT2D eigenvalue weighted by Crippen LogP contribution is 2.14. The molecule has 5 N–H and O–H groups in total. The highest BCUT2D eigenvalue weighted by molar-refractivity contribution is 5.86. The lowest BCUT2D eigenvalue weighted by atomic mass is 10.0. The molecule has 0 aliphatic carbocycles. The third-order valence-corrected chi connectivity index (χ3v) is 3.37. The number of carbonyl (C=O) groups is 3. The molecule has 1 aliphatic rings. The van der Waals surface area contributed by atoms with Crippen LogP contribution in [0.2, 0.25) is 0 Å². The number of amides is 2. The fraction of sp³-hybridized carbons (Fsp3) is 0.769. The highest BCUT2D eigenvalue weighted by atomic mass is 16.5. The Morgan fingerprint density at radius 3 is 2.67 bits per heavy atom. The molecule has 3 unspecified atom stereocenters. The molecule has 0 saturated carbocycles. The first-order chi connectivity index (χ1) is 9.95. The second-order valence-electron chi connectivity index (χ2n) is 5.11. The average Bonchev–Trinajstić information content (AvgIpc) is 2.88. The average molecular weight is 301 g/mol. The van der Waals surface area contributed by atoms with E-state index < -0.39 is 23.8 Å². The number of nitrogens with two attached hydrogens (primary N) is 1. The normalized spacial score (nSPS) is 22.7. The number of nitrogens with one attached hydrogen (secondary N) is 2. The summed E-state index contributed by atoms with van der Waals surface area (Å²) in [6.07, 6.45) is 0.828. The predicted octanol–water partition coefficient (Wildman–Crippen LogP) is -1.16. The summed E-state index contributed by atoms with van der Waals surface area (Å²) in [6, 6.07) is -1.23. The number of aliphatic carboxylic acids is 1. The molecule has 1 rings (SSSR count). The van der Waals surface area contributed by atoms with E-state index in [1.54, 1.807) is 0 Å². The topological polar surface area (TPSA) is 131 Å². The van der Waals surface area contributed by atoms with E-state index in [0.29, 0.717) is 6.61 Å². The van der Waals surface area contributed by atoms with Crippen molar-refractivity contribution in [2.24, 2.45) is 11.7 Å². The fourth-order valence-electron chi connectivity index (χ4n) is 2.17. The number of carboxylic acids is 1. The van der Waals surface area contributed by atoms with Crippen molar-refractivity contribution < 1.29 is 24.2 Å². The van der Waals surface area contributed by atoms with Gasteiger partial charge in [0, 0.05) is 12.5 Å². The lowest BCUT2D eigenvalue weighted by molar-refractivity contribution is -0.143. The molecule has 21 heavy (non-hydrogen) atoms. The number of carbonyl (C=O) groups excluding carboxylic acids is 2. The summed E-state index contributed by atoms with van der Waals surface area (Å²) >= 11 is 0.